The Morgan fingerprint density at radius 3 is 1.67 bits per heavy atom. The van der Waals surface area contributed by atoms with E-state index in [0.29, 0.717) is 0 Å². The summed E-state index contributed by atoms with van der Waals surface area (Å²) in [5, 5.41) is 1.98. The van der Waals surface area contributed by atoms with Crippen molar-refractivity contribution in [2.24, 2.45) is 9.98 Å². The number of H-pyrrole nitrogens is 1. The Morgan fingerprint density at radius 2 is 1.04 bits per heavy atom. The molecule has 6 heterocycles. The molecule has 7 aromatic rings. The maximum Gasteiger partial charge on any atom is 0.147 e. The fourth-order valence-electron chi connectivity index (χ4n) is 7.49. The standard InChI is InChI=1S/C44H27BrN4/c45-42-41-40(30-19-11-4-12-20-30)36-26-25-35-38(28-15-7-2-8-16-28)33-23-21-31(46-33)37(27-13-5-1-6-14-27)32-22-24-34(47-32)39(29-17-9-3-10-18-29)43(42)48-44(41)49(35)36/h1-26,47H. The number of hydrogen-bond acceptors (Lipinski definition) is 2. The molecular weight excluding hydrogens is 664 g/mol. The van der Waals surface area contributed by atoms with Gasteiger partial charge in [-0.3, -0.25) is 4.40 Å². The van der Waals surface area contributed by atoms with Gasteiger partial charge in [0.1, 0.15) is 5.49 Å². The molecule has 0 spiro atoms. The van der Waals surface area contributed by atoms with Crippen LogP contribution in [0.5, 0.6) is 0 Å². The number of fused-ring (bicyclic) bond motifs is 4. The van der Waals surface area contributed by atoms with Crippen LogP contribution in [0.4, 0.5) is 0 Å². The van der Waals surface area contributed by atoms with Gasteiger partial charge in [0, 0.05) is 38.5 Å². The predicted octanol–water partition coefficient (Wildman–Crippen LogP) is 8.23. The van der Waals surface area contributed by atoms with Crippen molar-refractivity contribution in [3.63, 3.8) is 0 Å². The highest BCUT2D eigenvalue weighted by molar-refractivity contribution is 9.15. The van der Waals surface area contributed by atoms with Crippen LogP contribution in [0, 0.1) is 0 Å². The van der Waals surface area contributed by atoms with Crippen LogP contribution in [0.15, 0.2) is 179 Å². The first-order valence-electron chi connectivity index (χ1n) is 16.4. The minimum Gasteiger partial charge on any atom is -0.354 e. The van der Waals surface area contributed by atoms with E-state index in [1.165, 1.54) is 0 Å². The Hall–Kier alpha value is -6.04. The number of aromatic amines is 1. The van der Waals surface area contributed by atoms with Crippen molar-refractivity contribution in [1.29, 1.82) is 0 Å². The van der Waals surface area contributed by atoms with Gasteiger partial charge in [-0.25, -0.2) is 9.98 Å². The molecule has 0 saturated heterocycles. The Kier molecular flexibility index (Phi) is 6.30. The Labute approximate surface area is 291 Å². The fraction of sp³-hybridized carbons (Fsp3) is 0. The van der Waals surface area contributed by atoms with Crippen molar-refractivity contribution in [2.45, 2.75) is 0 Å². The van der Waals surface area contributed by atoms with Crippen molar-refractivity contribution in [1.82, 2.24) is 9.38 Å². The second kappa shape index (κ2) is 11.0. The molecule has 49 heavy (non-hydrogen) atoms. The second-order valence-corrected chi connectivity index (χ2v) is 13.2. The van der Waals surface area contributed by atoms with Gasteiger partial charge in [-0.05, 0) is 74.6 Å². The van der Waals surface area contributed by atoms with Crippen molar-refractivity contribution in [3.05, 3.63) is 213 Å². The van der Waals surface area contributed by atoms with Crippen LogP contribution in [0.1, 0.15) is 27.9 Å². The van der Waals surface area contributed by atoms with E-state index in [4.69, 9.17) is 9.98 Å². The number of aromatic nitrogens is 2. The van der Waals surface area contributed by atoms with Gasteiger partial charge < -0.3 is 4.98 Å². The summed E-state index contributed by atoms with van der Waals surface area (Å²) in [5.41, 5.74) is 15.6. The topological polar surface area (TPSA) is 44.9 Å². The van der Waals surface area contributed by atoms with Gasteiger partial charge in [0.15, 0.2) is 0 Å². The zero-order chi connectivity index (χ0) is 32.5. The van der Waals surface area contributed by atoms with Crippen molar-refractivity contribution in [2.75, 3.05) is 0 Å². The van der Waals surface area contributed by atoms with Crippen molar-refractivity contribution >= 4 is 48.4 Å². The lowest BCUT2D eigenvalue weighted by atomic mass is 9.99. The first kappa shape index (κ1) is 28.0. The first-order valence-corrected chi connectivity index (χ1v) is 17.2. The van der Waals surface area contributed by atoms with Crippen LogP contribution in [0.25, 0.3) is 37.8 Å². The number of halogens is 1. The maximum atomic E-state index is 5.55. The molecule has 4 nitrogen and oxygen atoms in total. The molecule has 0 saturated carbocycles. The number of nitrogens with zero attached hydrogens (tertiary/aromatic N) is 3. The molecule has 3 aromatic heterocycles. The highest BCUT2D eigenvalue weighted by atomic mass is 79.9. The zero-order valence-electron chi connectivity index (χ0n) is 26.2. The summed E-state index contributed by atoms with van der Waals surface area (Å²) < 4.78 is 3.31. The van der Waals surface area contributed by atoms with Crippen LogP contribution in [-0.2, 0) is 0 Å². The van der Waals surface area contributed by atoms with Gasteiger partial charge in [-0.15, -0.1) is 0 Å². The van der Waals surface area contributed by atoms with Crippen molar-refractivity contribution in [3.8, 4) is 11.1 Å². The summed E-state index contributed by atoms with van der Waals surface area (Å²) >= 11 is 4.14. The molecule has 3 aliphatic rings. The SMILES string of the molecule is BrC1=C2N=c3c1c(-c1ccccc1)c1ccc(n31)C(c1ccccc1)=C1C=CC(=N1)C(c1ccccc1)=c1ccc([nH]1)=C2c1ccccc1. The molecule has 6 bridgehead atoms. The Bertz CT molecular complexity index is 2780. The van der Waals surface area contributed by atoms with Gasteiger partial charge in [0.2, 0.25) is 0 Å². The summed E-state index contributed by atoms with van der Waals surface area (Å²) in [6.07, 6.45) is 4.31. The number of benzene rings is 4. The van der Waals surface area contributed by atoms with Crippen LogP contribution in [0.3, 0.4) is 0 Å². The minimum absolute atomic E-state index is 0.897. The molecule has 0 aliphatic carbocycles. The molecule has 0 radical (unpaired) electrons. The van der Waals surface area contributed by atoms with Gasteiger partial charge in [-0.2, -0.15) is 0 Å². The van der Waals surface area contributed by atoms with Gasteiger partial charge in [0.25, 0.3) is 0 Å². The van der Waals surface area contributed by atoms with E-state index < -0.39 is 0 Å². The van der Waals surface area contributed by atoms with Crippen LogP contribution >= 0.6 is 15.9 Å². The van der Waals surface area contributed by atoms with Gasteiger partial charge in [0.05, 0.1) is 32.8 Å². The first-order chi connectivity index (χ1) is 24.2. The number of rotatable bonds is 4. The van der Waals surface area contributed by atoms with Crippen molar-refractivity contribution < 1.29 is 0 Å². The highest BCUT2D eigenvalue weighted by Gasteiger charge is 2.31. The normalized spacial score (nSPS) is 15.0. The summed E-state index contributed by atoms with van der Waals surface area (Å²) in [6.45, 7) is 0. The predicted molar refractivity (Wildman–Crippen MR) is 202 cm³/mol. The number of nitrogens with one attached hydrogen (secondary N) is 1. The lowest BCUT2D eigenvalue weighted by molar-refractivity contribution is 1.06. The summed E-state index contributed by atoms with van der Waals surface area (Å²) in [7, 11) is 0. The second-order valence-electron chi connectivity index (χ2n) is 12.4. The third kappa shape index (κ3) is 4.29. The van der Waals surface area contributed by atoms with E-state index in [2.05, 4.69) is 183 Å². The van der Waals surface area contributed by atoms with E-state index in [1.807, 2.05) is 0 Å². The van der Waals surface area contributed by atoms with E-state index >= 15 is 0 Å². The smallest absolute Gasteiger partial charge is 0.147 e. The quantitative estimate of drug-likeness (QED) is 0.193. The summed E-state index contributed by atoms with van der Waals surface area (Å²) in [4.78, 5) is 14.8. The number of aliphatic imine (C=N–C) groups is 1. The molecule has 0 fully saturated rings. The maximum absolute atomic E-state index is 5.55. The third-order valence-electron chi connectivity index (χ3n) is 9.59. The summed E-state index contributed by atoms with van der Waals surface area (Å²) in [5.74, 6) is 0. The third-order valence-corrected chi connectivity index (χ3v) is 10.4. The van der Waals surface area contributed by atoms with E-state index in [-0.39, 0.29) is 0 Å². The molecular formula is C44H27BrN4. The molecule has 0 atom stereocenters. The van der Waals surface area contributed by atoms with Crippen LogP contribution < -0.4 is 16.2 Å². The molecule has 3 aliphatic heterocycles. The average Bonchev–Trinajstić information content (AvgIpc) is 3.99. The molecule has 10 rings (SSSR count). The van der Waals surface area contributed by atoms with E-state index in [0.717, 1.165) is 99.1 Å². The Balaban J connectivity index is 1.42. The number of hydrogen-bond donors (Lipinski definition) is 1. The van der Waals surface area contributed by atoms with Crippen LogP contribution in [0.2, 0.25) is 0 Å². The lowest BCUT2D eigenvalue weighted by Crippen LogP contribution is -2.19. The van der Waals surface area contributed by atoms with Crippen LogP contribution in [-0.4, -0.2) is 15.1 Å². The van der Waals surface area contributed by atoms with Gasteiger partial charge >= 0.3 is 0 Å². The largest absolute Gasteiger partial charge is 0.354 e. The lowest BCUT2D eigenvalue weighted by Gasteiger charge is -2.12. The summed E-state index contributed by atoms with van der Waals surface area (Å²) in [6, 6.07) is 51.1. The molecule has 0 amide bonds. The molecule has 4 aromatic carbocycles. The zero-order valence-corrected chi connectivity index (χ0v) is 27.8. The average molecular weight is 692 g/mol. The molecule has 5 heteroatoms. The monoisotopic (exact) mass is 690 g/mol. The minimum atomic E-state index is 0.897. The Morgan fingerprint density at radius 1 is 0.490 bits per heavy atom. The molecule has 0 unspecified atom stereocenters. The molecule has 230 valence electrons. The van der Waals surface area contributed by atoms with E-state index in [9.17, 15) is 0 Å². The van der Waals surface area contributed by atoms with Gasteiger partial charge in [-0.1, -0.05) is 121 Å². The number of allylic oxidation sites excluding steroid dienone is 3. The van der Waals surface area contributed by atoms with E-state index in [1.54, 1.807) is 0 Å². The molecule has 1 N–H and O–H groups in total. The highest BCUT2D eigenvalue weighted by Crippen LogP contribution is 2.44. The fourth-order valence-corrected chi connectivity index (χ4v) is 8.15.